The lowest BCUT2D eigenvalue weighted by molar-refractivity contribution is -0.153. The highest BCUT2D eigenvalue weighted by atomic mass is 32.1. The van der Waals surface area contributed by atoms with Gasteiger partial charge in [-0.05, 0) is 30.7 Å². The maximum atomic E-state index is 12.6. The topological polar surface area (TPSA) is 103 Å². The van der Waals surface area contributed by atoms with Crippen LogP contribution in [0.2, 0.25) is 0 Å². The molecular formula is C17H21N3O4S2. The largest absolute Gasteiger partial charge is 0.380 e. The van der Waals surface area contributed by atoms with E-state index in [0.29, 0.717) is 19.5 Å². The van der Waals surface area contributed by atoms with Gasteiger partial charge in [-0.3, -0.25) is 9.59 Å². The fourth-order valence-electron chi connectivity index (χ4n) is 3.00. The Kier molecular flexibility index (Phi) is 6.36. The summed E-state index contributed by atoms with van der Waals surface area (Å²) in [6.07, 6.45) is 0.299. The Bertz CT molecular complexity index is 720. The van der Waals surface area contributed by atoms with E-state index in [0.717, 1.165) is 22.7 Å². The minimum atomic E-state index is -1.79. The lowest BCUT2D eigenvalue weighted by atomic mass is 10.1. The molecule has 1 fully saturated rings. The van der Waals surface area contributed by atoms with E-state index in [2.05, 4.69) is 10.3 Å². The van der Waals surface area contributed by atoms with Crippen LogP contribution in [0.5, 0.6) is 0 Å². The Labute approximate surface area is 159 Å². The van der Waals surface area contributed by atoms with Crippen LogP contribution < -0.4 is 5.32 Å². The van der Waals surface area contributed by atoms with Gasteiger partial charge in [0.2, 0.25) is 0 Å². The van der Waals surface area contributed by atoms with Crippen molar-refractivity contribution in [2.24, 2.45) is 0 Å². The number of nitrogens with one attached hydrogen (secondary N) is 1. The Morgan fingerprint density at radius 3 is 2.85 bits per heavy atom. The zero-order valence-corrected chi connectivity index (χ0v) is 15.7. The molecular weight excluding hydrogens is 374 g/mol. The quantitative estimate of drug-likeness (QED) is 0.648. The molecule has 2 aromatic heterocycles. The first-order valence-electron chi connectivity index (χ1n) is 8.44. The predicted molar refractivity (Wildman–Crippen MR) is 98.8 cm³/mol. The average Bonchev–Trinajstić information content (AvgIpc) is 3.40. The molecule has 0 radical (unpaired) electrons. The standard InChI is InChI=1S/C17H21N3O4S2/c21-13(15(23)18-6-5-11-3-2-9-25-11)14(22)17(24)20-8-1-4-12(20)16-19-7-10-26-16/h2-3,7,9-10,12-14,21-22H,1,4-6,8H2,(H,18,23)/t12?,13-,14-/m1/s1. The number of rotatable bonds is 7. The molecule has 9 heteroatoms. The van der Waals surface area contributed by atoms with Crippen molar-refractivity contribution in [3.63, 3.8) is 0 Å². The molecule has 1 unspecified atom stereocenters. The van der Waals surface area contributed by atoms with Crippen molar-refractivity contribution in [1.29, 1.82) is 0 Å². The number of hydrogen-bond donors (Lipinski definition) is 3. The van der Waals surface area contributed by atoms with Crippen molar-refractivity contribution < 1.29 is 19.8 Å². The Morgan fingerprint density at radius 1 is 1.31 bits per heavy atom. The van der Waals surface area contributed by atoms with Gasteiger partial charge < -0.3 is 20.4 Å². The van der Waals surface area contributed by atoms with Gasteiger partial charge >= 0.3 is 0 Å². The number of hydrogen-bond acceptors (Lipinski definition) is 7. The average molecular weight is 396 g/mol. The first-order chi connectivity index (χ1) is 12.6. The zero-order valence-electron chi connectivity index (χ0n) is 14.1. The summed E-state index contributed by atoms with van der Waals surface area (Å²) in [5.41, 5.74) is 0. The molecule has 1 saturated heterocycles. The van der Waals surface area contributed by atoms with Crippen molar-refractivity contribution >= 4 is 34.5 Å². The SMILES string of the molecule is O=C(NCCc1cccs1)[C@H](O)[C@@H](O)C(=O)N1CCCC1c1nccs1. The second kappa shape index (κ2) is 8.72. The Balaban J connectivity index is 1.54. The number of carbonyl (C=O) groups is 2. The van der Waals surface area contributed by atoms with E-state index in [4.69, 9.17) is 0 Å². The van der Waals surface area contributed by atoms with Gasteiger partial charge in [0.1, 0.15) is 5.01 Å². The number of likely N-dealkylation sites (tertiary alicyclic amines) is 1. The van der Waals surface area contributed by atoms with Crippen LogP contribution in [0.4, 0.5) is 0 Å². The highest BCUT2D eigenvalue weighted by Gasteiger charge is 2.39. The van der Waals surface area contributed by atoms with E-state index in [1.807, 2.05) is 22.9 Å². The normalized spacial score (nSPS) is 19.3. The number of amides is 2. The number of aliphatic hydroxyl groups excluding tert-OH is 2. The monoisotopic (exact) mass is 395 g/mol. The molecule has 140 valence electrons. The van der Waals surface area contributed by atoms with Gasteiger partial charge in [0.05, 0.1) is 6.04 Å². The fourth-order valence-corrected chi connectivity index (χ4v) is 4.50. The summed E-state index contributed by atoms with van der Waals surface area (Å²) in [7, 11) is 0. The molecule has 26 heavy (non-hydrogen) atoms. The van der Waals surface area contributed by atoms with Gasteiger partial charge in [-0.15, -0.1) is 22.7 Å². The van der Waals surface area contributed by atoms with Crippen LogP contribution in [-0.4, -0.2) is 57.2 Å². The molecule has 3 N–H and O–H groups in total. The summed E-state index contributed by atoms with van der Waals surface area (Å²) in [5, 5.41) is 27.4. The number of aliphatic hydroxyl groups is 2. The van der Waals surface area contributed by atoms with Crippen LogP contribution in [0.15, 0.2) is 29.1 Å². The van der Waals surface area contributed by atoms with Gasteiger partial charge in [-0.1, -0.05) is 6.07 Å². The van der Waals surface area contributed by atoms with Crippen LogP contribution in [0, 0.1) is 0 Å². The van der Waals surface area contributed by atoms with E-state index >= 15 is 0 Å². The fraction of sp³-hybridized carbons (Fsp3) is 0.471. The minimum absolute atomic E-state index is 0.203. The van der Waals surface area contributed by atoms with E-state index < -0.39 is 24.0 Å². The maximum absolute atomic E-state index is 12.6. The van der Waals surface area contributed by atoms with Crippen LogP contribution >= 0.6 is 22.7 Å². The van der Waals surface area contributed by atoms with Crippen LogP contribution in [0.3, 0.4) is 0 Å². The molecule has 7 nitrogen and oxygen atoms in total. The van der Waals surface area contributed by atoms with Crippen LogP contribution in [0.1, 0.15) is 28.8 Å². The van der Waals surface area contributed by atoms with Crippen molar-refractivity contribution in [2.75, 3.05) is 13.1 Å². The molecule has 3 rings (SSSR count). The molecule has 2 amide bonds. The van der Waals surface area contributed by atoms with Crippen molar-refractivity contribution in [1.82, 2.24) is 15.2 Å². The molecule has 2 aromatic rings. The molecule has 0 spiro atoms. The second-order valence-electron chi connectivity index (χ2n) is 6.07. The summed E-state index contributed by atoms with van der Waals surface area (Å²) in [6, 6.07) is 3.68. The lowest BCUT2D eigenvalue weighted by Crippen LogP contribution is -2.50. The Hall–Kier alpha value is -1.81. The third-order valence-electron chi connectivity index (χ3n) is 4.34. The van der Waals surface area contributed by atoms with Crippen molar-refractivity contribution in [2.45, 2.75) is 37.5 Å². The molecule has 0 saturated carbocycles. The van der Waals surface area contributed by atoms with Crippen molar-refractivity contribution in [3.05, 3.63) is 39.0 Å². The number of carbonyl (C=O) groups excluding carboxylic acids is 2. The van der Waals surface area contributed by atoms with Crippen LogP contribution in [0.25, 0.3) is 0 Å². The lowest BCUT2D eigenvalue weighted by Gasteiger charge is -2.27. The highest BCUT2D eigenvalue weighted by Crippen LogP contribution is 2.33. The van der Waals surface area contributed by atoms with E-state index in [-0.39, 0.29) is 6.04 Å². The third-order valence-corrected chi connectivity index (χ3v) is 6.16. The summed E-state index contributed by atoms with van der Waals surface area (Å²) in [5.74, 6) is -1.38. The predicted octanol–water partition coefficient (Wildman–Crippen LogP) is 0.949. The number of aromatic nitrogens is 1. The smallest absolute Gasteiger partial charge is 0.255 e. The van der Waals surface area contributed by atoms with E-state index in [9.17, 15) is 19.8 Å². The number of thiazole rings is 1. The number of thiophene rings is 1. The van der Waals surface area contributed by atoms with Gasteiger partial charge in [-0.2, -0.15) is 0 Å². The first-order valence-corrected chi connectivity index (χ1v) is 10.2. The van der Waals surface area contributed by atoms with E-state index in [1.54, 1.807) is 17.5 Å². The first kappa shape index (κ1) is 19.0. The minimum Gasteiger partial charge on any atom is -0.380 e. The van der Waals surface area contributed by atoms with Crippen molar-refractivity contribution in [3.8, 4) is 0 Å². The molecule has 1 aliphatic heterocycles. The number of nitrogens with zero attached hydrogens (tertiary/aromatic N) is 2. The summed E-state index contributed by atoms with van der Waals surface area (Å²) in [4.78, 5) is 31.5. The summed E-state index contributed by atoms with van der Waals surface area (Å²) in [6.45, 7) is 0.815. The van der Waals surface area contributed by atoms with Gasteiger partial charge in [0.25, 0.3) is 11.8 Å². The molecule has 1 aliphatic rings. The highest BCUT2D eigenvalue weighted by molar-refractivity contribution is 7.10. The molecule has 3 heterocycles. The Morgan fingerprint density at radius 2 is 2.15 bits per heavy atom. The summed E-state index contributed by atoms with van der Waals surface area (Å²) < 4.78 is 0. The molecule has 0 aromatic carbocycles. The molecule has 0 bridgehead atoms. The summed E-state index contributed by atoms with van der Waals surface area (Å²) >= 11 is 3.03. The maximum Gasteiger partial charge on any atom is 0.255 e. The van der Waals surface area contributed by atoms with Gasteiger partial charge in [0.15, 0.2) is 12.2 Å². The van der Waals surface area contributed by atoms with Gasteiger partial charge in [0, 0.05) is 29.5 Å². The van der Waals surface area contributed by atoms with Crippen LogP contribution in [-0.2, 0) is 16.0 Å². The van der Waals surface area contributed by atoms with E-state index in [1.165, 1.54) is 16.2 Å². The third kappa shape index (κ3) is 4.29. The zero-order chi connectivity index (χ0) is 18.5. The van der Waals surface area contributed by atoms with Gasteiger partial charge in [-0.25, -0.2) is 4.98 Å². The molecule has 0 aliphatic carbocycles. The molecule has 3 atom stereocenters. The second-order valence-corrected chi connectivity index (χ2v) is 8.03.